The van der Waals surface area contributed by atoms with Crippen molar-refractivity contribution in [1.29, 1.82) is 10.5 Å². The Kier molecular flexibility index (Phi) is 3.55. The maximum atomic E-state index is 8.72. The first-order valence-electron chi connectivity index (χ1n) is 6.62. The van der Waals surface area contributed by atoms with Gasteiger partial charge in [-0.2, -0.15) is 10.5 Å². The smallest absolute Gasteiger partial charge is 0.145 e. The number of rotatable bonds is 3. The molecule has 0 unspecified atom stereocenters. The summed E-state index contributed by atoms with van der Waals surface area (Å²) in [6.45, 7) is 0. The molecule has 3 rings (SSSR count). The summed E-state index contributed by atoms with van der Waals surface area (Å²) < 4.78 is 0. The molecule has 0 aliphatic heterocycles. The molecule has 0 saturated carbocycles. The van der Waals surface area contributed by atoms with E-state index in [-0.39, 0.29) is 5.57 Å². The normalized spacial score (nSPS) is 9.73. The van der Waals surface area contributed by atoms with E-state index in [2.05, 4.69) is 15.3 Å². The molecule has 0 spiro atoms. The third-order valence-electron chi connectivity index (χ3n) is 3.15. The number of fused-ring (bicyclic) bond motifs is 1. The van der Waals surface area contributed by atoms with Crippen molar-refractivity contribution in [1.82, 2.24) is 9.97 Å². The van der Waals surface area contributed by atoms with Crippen molar-refractivity contribution < 1.29 is 0 Å². The van der Waals surface area contributed by atoms with Gasteiger partial charge in [0.2, 0.25) is 0 Å². The van der Waals surface area contributed by atoms with Gasteiger partial charge in [-0.05, 0) is 24.3 Å². The van der Waals surface area contributed by atoms with Gasteiger partial charge in [-0.15, -0.1) is 0 Å². The highest BCUT2D eigenvalue weighted by Crippen LogP contribution is 2.23. The SMILES string of the molecule is N#CC(C#N)=CNc1cccc(-c2nc3ccccc3[nH]2)c1. The van der Waals surface area contributed by atoms with Crippen LogP contribution in [0.25, 0.3) is 22.4 Å². The van der Waals surface area contributed by atoms with Crippen LogP contribution >= 0.6 is 0 Å². The highest BCUT2D eigenvalue weighted by Gasteiger charge is 2.05. The first kappa shape index (κ1) is 13.4. The molecule has 104 valence electrons. The minimum Gasteiger partial charge on any atom is -0.360 e. The first-order chi connectivity index (χ1) is 10.8. The van der Waals surface area contributed by atoms with Crippen molar-refractivity contribution in [2.75, 3.05) is 5.32 Å². The van der Waals surface area contributed by atoms with Gasteiger partial charge in [0, 0.05) is 17.5 Å². The Hall–Kier alpha value is -3.57. The standard InChI is InChI=1S/C17H11N5/c18-9-12(10-19)11-20-14-5-3-4-13(8-14)17-21-15-6-1-2-7-16(15)22-17/h1-8,11,20H,(H,21,22). The zero-order chi connectivity index (χ0) is 15.4. The largest absolute Gasteiger partial charge is 0.360 e. The summed E-state index contributed by atoms with van der Waals surface area (Å²) in [5.41, 5.74) is 3.61. The Labute approximate surface area is 127 Å². The van der Waals surface area contributed by atoms with Gasteiger partial charge in [0.1, 0.15) is 23.5 Å². The Balaban J connectivity index is 1.93. The summed E-state index contributed by atoms with van der Waals surface area (Å²) in [4.78, 5) is 7.82. The lowest BCUT2D eigenvalue weighted by Gasteiger charge is -2.03. The van der Waals surface area contributed by atoms with Crippen LogP contribution in [0, 0.1) is 22.7 Å². The maximum absolute atomic E-state index is 8.72. The fourth-order valence-electron chi connectivity index (χ4n) is 2.09. The van der Waals surface area contributed by atoms with Gasteiger partial charge in [0.25, 0.3) is 0 Å². The highest BCUT2D eigenvalue weighted by atomic mass is 14.9. The zero-order valence-electron chi connectivity index (χ0n) is 11.5. The van der Waals surface area contributed by atoms with Crippen LogP contribution in [0.1, 0.15) is 0 Å². The third-order valence-corrected chi connectivity index (χ3v) is 3.15. The van der Waals surface area contributed by atoms with E-state index < -0.39 is 0 Å². The summed E-state index contributed by atoms with van der Waals surface area (Å²) in [5.74, 6) is 0.773. The van der Waals surface area contributed by atoms with Gasteiger partial charge >= 0.3 is 0 Å². The predicted octanol–water partition coefficient (Wildman–Crippen LogP) is 3.57. The summed E-state index contributed by atoms with van der Waals surface area (Å²) in [5, 5.41) is 20.4. The molecular formula is C17H11N5. The lowest BCUT2D eigenvalue weighted by Crippen LogP contribution is -1.90. The number of H-pyrrole nitrogens is 1. The molecule has 1 heterocycles. The number of nitrogens with one attached hydrogen (secondary N) is 2. The third kappa shape index (κ3) is 2.65. The molecule has 3 aromatic rings. The minimum absolute atomic E-state index is 0.0224. The van der Waals surface area contributed by atoms with E-state index in [0.717, 1.165) is 28.1 Å². The van der Waals surface area contributed by atoms with E-state index in [1.165, 1.54) is 6.20 Å². The van der Waals surface area contributed by atoms with Gasteiger partial charge in [-0.3, -0.25) is 0 Å². The van der Waals surface area contributed by atoms with Crippen molar-refractivity contribution >= 4 is 16.7 Å². The van der Waals surface area contributed by atoms with Crippen molar-refractivity contribution in [2.24, 2.45) is 0 Å². The number of nitrogens with zero attached hydrogens (tertiary/aromatic N) is 3. The molecule has 22 heavy (non-hydrogen) atoms. The molecular weight excluding hydrogens is 274 g/mol. The van der Waals surface area contributed by atoms with Gasteiger partial charge < -0.3 is 10.3 Å². The number of hydrogen-bond acceptors (Lipinski definition) is 4. The molecule has 5 nitrogen and oxygen atoms in total. The lowest BCUT2D eigenvalue weighted by atomic mass is 10.2. The van der Waals surface area contributed by atoms with Crippen LogP contribution in [0.5, 0.6) is 0 Å². The fraction of sp³-hybridized carbons (Fsp3) is 0. The number of nitriles is 2. The minimum atomic E-state index is 0.0224. The topological polar surface area (TPSA) is 88.3 Å². The second-order valence-corrected chi connectivity index (χ2v) is 4.61. The first-order valence-corrected chi connectivity index (χ1v) is 6.62. The molecule has 0 atom stereocenters. The summed E-state index contributed by atoms with van der Waals surface area (Å²) in [7, 11) is 0. The van der Waals surface area contributed by atoms with Gasteiger partial charge in [-0.25, -0.2) is 4.98 Å². The Morgan fingerprint density at radius 2 is 1.91 bits per heavy atom. The zero-order valence-corrected chi connectivity index (χ0v) is 11.5. The van der Waals surface area contributed by atoms with Crippen molar-refractivity contribution in [3.8, 4) is 23.5 Å². The van der Waals surface area contributed by atoms with Crippen LogP contribution in [-0.4, -0.2) is 9.97 Å². The number of hydrogen-bond donors (Lipinski definition) is 2. The summed E-state index contributed by atoms with van der Waals surface area (Å²) in [6, 6.07) is 19.0. The van der Waals surface area contributed by atoms with Crippen molar-refractivity contribution in [3.63, 3.8) is 0 Å². The molecule has 2 aromatic carbocycles. The van der Waals surface area contributed by atoms with Crippen LogP contribution in [0.2, 0.25) is 0 Å². The van der Waals surface area contributed by atoms with Crippen LogP contribution in [-0.2, 0) is 0 Å². The van der Waals surface area contributed by atoms with Crippen LogP contribution in [0.3, 0.4) is 0 Å². The van der Waals surface area contributed by atoms with E-state index in [1.54, 1.807) is 12.1 Å². The lowest BCUT2D eigenvalue weighted by molar-refractivity contribution is 1.33. The van der Waals surface area contributed by atoms with Gasteiger partial charge in [0.05, 0.1) is 11.0 Å². The molecule has 0 saturated heterocycles. The van der Waals surface area contributed by atoms with E-state index in [0.29, 0.717) is 0 Å². The summed E-state index contributed by atoms with van der Waals surface area (Å²) >= 11 is 0. The molecule has 1 aromatic heterocycles. The summed E-state index contributed by atoms with van der Waals surface area (Å²) in [6.07, 6.45) is 1.39. The Morgan fingerprint density at radius 1 is 1.09 bits per heavy atom. The number of aromatic nitrogens is 2. The van der Waals surface area contributed by atoms with E-state index >= 15 is 0 Å². The molecule has 0 fully saturated rings. The number of para-hydroxylation sites is 2. The van der Waals surface area contributed by atoms with E-state index in [1.807, 2.05) is 48.5 Å². The Bertz CT molecular complexity index is 888. The van der Waals surface area contributed by atoms with Crippen LogP contribution in [0.4, 0.5) is 5.69 Å². The average Bonchev–Trinajstić information content (AvgIpc) is 3.00. The fourth-order valence-corrected chi connectivity index (χ4v) is 2.09. The molecule has 2 N–H and O–H groups in total. The van der Waals surface area contributed by atoms with Gasteiger partial charge in [0.15, 0.2) is 0 Å². The highest BCUT2D eigenvalue weighted by molar-refractivity contribution is 5.79. The number of benzene rings is 2. The molecule has 0 aliphatic carbocycles. The maximum Gasteiger partial charge on any atom is 0.145 e. The number of anilines is 1. The molecule has 0 aliphatic rings. The van der Waals surface area contributed by atoms with Crippen molar-refractivity contribution in [3.05, 3.63) is 60.3 Å². The molecule has 0 radical (unpaired) electrons. The average molecular weight is 285 g/mol. The number of imidazole rings is 1. The predicted molar refractivity (Wildman–Crippen MR) is 84.5 cm³/mol. The quantitative estimate of drug-likeness (QED) is 0.720. The Morgan fingerprint density at radius 3 is 2.68 bits per heavy atom. The van der Waals surface area contributed by atoms with Crippen LogP contribution in [0.15, 0.2) is 60.3 Å². The second kappa shape index (κ2) is 5.82. The van der Waals surface area contributed by atoms with Crippen molar-refractivity contribution in [2.45, 2.75) is 0 Å². The number of aromatic amines is 1. The van der Waals surface area contributed by atoms with E-state index in [9.17, 15) is 0 Å². The molecule has 0 amide bonds. The monoisotopic (exact) mass is 285 g/mol. The number of allylic oxidation sites excluding steroid dienone is 1. The van der Waals surface area contributed by atoms with Crippen LogP contribution < -0.4 is 5.32 Å². The second-order valence-electron chi connectivity index (χ2n) is 4.61. The van der Waals surface area contributed by atoms with E-state index in [4.69, 9.17) is 10.5 Å². The molecule has 5 heteroatoms. The molecule has 0 bridgehead atoms. The van der Waals surface area contributed by atoms with Gasteiger partial charge in [-0.1, -0.05) is 24.3 Å².